The van der Waals surface area contributed by atoms with Crippen molar-refractivity contribution in [3.8, 4) is 0 Å². The van der Waals surface area contributed by atoms with E-state index in [0.29, 0.717) is 0 Å². The number of rotatable bonds is 5. The lowest BCUT2D eigenvalue weighted by molar-refractivity contribution is -0.120. The molecule has 2 aliphatic rings. The number of hydrazine groups is 1. The van der Waals surface area contributed by atoms with Crippen molar-refractivity contribution in [2.45, 2.75) is 63.5 Å². The molecule has 3 N–H and O–H groups in total. The van der Waals surface area contributed by atoms with Gasteiger partial charge in [0.15, 0.2) is 0 Å². The molecule has 0 aromatic heterocycles. The van der Waals surface area contributed by atoms with Gasteiger partial charge < -0.3 is 9.47 Å². The molecular weight excluding hydrogens is 240 g/mol. The number of nitrogens with two attached hydrogens (primary N) is 1. The quantitative estimate of drug-likeness (QED) is 0.456. The van der Waals surface area contributed by atoms with Crippen molar-refractivity contribution in [1.29, 1.82) is 0 Å². The Morgan fingerprint density at radius 3 is 2.84 bits per heavy atom. The van der Waals surface area contributed by atoms with Crippen molar-refractivity contribution in [3.05, 3.63) is 11.6 Å². The monoisotopic (exact) mass is 268 g/mol. The Morgan fingerprint density at radius 2 is 2.16 bits per heavy atom. The molecule has 0 radical (unpaired) electrons. The van der Waals surface area contributed by atoms with Gasteiger partial charge in [0.25, 0.3) is 0 Å². The second-order valence-electron chi connectivity index (χ2n) is 5.59. The van der Waals surface area contributed by atoms with Gasteiger partial charge in [-0.3, -0.25) is 11.3 Å². The molecular formula is C15H28N2O2. The van der Waals surface area contributed by atoms with E-state index in [0.717, 1.165) is 39.1 Å². The molecule has 0 aromatic rings. The highest BCUT2D eigenvalue weighted by molar-refractivity contribution is 5.19. The molecule has 1 heterocycles. The Labute approximate surface area is 116 Å². The summed E-state index contributed by atoms with van der Waals surface area (Å²) < 4.78 is 11.7. The van der Waals surface area contributed by atoms with Crippen LogP contribution in [0.3, 0.4) is 0 Å². The maximum absolute atomic E-state index is 6.15. The third-order valence-electron chi connectivity index (χ3n) is 4.41. The Kier molecular flexibility index (Phi) is 5.82. The van der Waals surface area contributed by atoms with Gasteiger partial charge in [-0.05, 0) is 32.6 Å². The Balaban J connectivity index is 2.17. The first-order chi connectivity index (χ1) is 9.32. The van der Waals surface area contributed by atoms with E-state index in [4.69, 9.17) is 15.3 Å². The highest BCUT2D eigenvalue weighted by Crippen LogP contribution is 2.34. The van der Waals surface area contributed by atoms with Crippen LogP contribution in [-0.2, 0) is 9.47 Å². The fourth-order valence-corrected chi connectivity index (χ4v) is 3.42. The average molecular weight is 268 g/mol. The van der Waals surface area contributed by atoms with Gasteiger partial charge in [-0.15, -0.1) is 0 Å². The number of ether oxygens (including phenoxy) is 2. The van der Waals surface area contributed by atoms with E-state index in [1.54, 1.807) is 0 Å². The van der Waals surface area contributed by atoms with Crippen LogP contribution >= 0.6 is 0 Å². The second kappa shape index (κ2) is 7.39. The van der Waals surface area contributed by atoms with Gasteiger partial charge in [-0.1, -0.05) is 18.1 Å². The summed E-state index contributed by atoms with van der Waals surface area (Å²) in [6, 6.07) is 0.134. The Bertz CT molecular complexity index is 293. The van der Waals surface area contributed by atoms with Crippen LogP contribution in [0.1, 0.15) is 51.9 Å². The molecule has 1 saturated heterocycles. The van der Waals surface area contributed by atoms with Gasteiger partial charge in [-0.2, -0.15) is 0 Å². The normalized spacial score (nSPS) is 25.5. The van der Waals surface area contributed by atoms with Crippen LogP contribution in [0.2, 0.25) is 0 Å². The van der Waals surface area contributed by atoms with Crippen LogP contribution in [0, 0.1) is 0 Å². The molecule has 0 aromatic carbocycles. The van der Waals surface area contributed by atoms with Gasteiger partial charge in [0, 0.05) is 32.7 Å². The third-order valence-corrected chi connectivity index (χ3v) is 4.41. The minimum atomic E-state index is -0.183. The van der Waals surface area contributed by atoms with Crippen molar-refractivity contribution in [2.24, 2.45) is 5.84 Å². The zero-order chi connectivity index (χ0) is 13.6. The molecule has 1 atom stereocenters. The van der Waals surface area contributed by atoms with E-state index in [2.05, 4.69) is 18.4 Å². The van der Waals surface area contributed by atoms with Crippen molar-refractivity contribution < 1.29 is 9.47 Å². The summed E-state index contributed by atoms with van der Waals surface area (Å²) in [5.74, 6) is 5.89. The zero-order valence-corrected chi connectivity index (χ0v) is 12.1. The second-order valence-corrected chi connectivity index (χ2v) is 5.59. The lowest BCUT2D eigenvalue weighted by Gasteiger charge is -2.43. The first-order valence-corrected chi connectivity index (χ1v) is 7.69. The molecule has 0 saturated carbocycles. The predicted octanol–water partition coefficient (Wildman–Crippen LogP) is 2.29. The van der Waals surface area contributed by atoms with Crippen LogP contribution in [0.15, 0.2) is 11.6 Å². The maximum atomic E-state index is 6.15. The Hall–Kier alpha value is -0.420. The number of nitrogens with one attached hydrogen (secondary N) is 1. The van der Waals surface area contributed by atoms with Crippen molar-refractivity contribution in [1.82, 2.24) is 5.43 Å². The van der Waals surface area contributed by atoms with Crippen LogP contribution in [0.5, 0.6) is 0 Å². The standard InChI is InChI=1S/C15H28N2O2/c1-2-19-15(9-11-18-12-10-15)14(17-16)13-7-5-3-4-6-8-13/h7,14,17H,2-6,8-12,16H2,1H3. The summed E-state index contributed by atoms with van der Waals surface area (Å²) >= 11 is 0. The first-order valence-electron chi connectivity index (χ1n) is 7.69. The maximum Gasteiger partial charge on any atom is 0.0929 e. The van der Waals surface area contributed by atoms with Gasteiger partial charge in [0.05, 0.1) is 11.6 Å². The summed E-state index contributed by atoms with van der Waals surface area (Å²) in [5, 5.41) is 0. The van der Waals surface area contributed by atoms with E-state index >= 15 is 0 Å². The van der Waals surface area contributed by atoms with Crippen molar-refractivity contribution in [3.63, 3.8) is 0 Å². The largest absolute Gasteiger partial charge is 0.381 e. The molecule has 110 valence electrons. The first kappa shape index (κ1) is 15.0. The minimum absolute atomic E-state index is 0.134. The summed E-state index contributed by atoms with van der Waals surface area (Å²) in [7, 11) is 0. The fraction of sp³-hybridized carbons (Fsp3) is 0.867. The molecule has 1 fully saturated rings. The van der Waals surface area contributed by atoms with Gasteiger partial charge in [0.2, 0.25) is 0 Å². The van der Waals surface area contributed by atoms with Crippen molar-refractivity contribution in [2.75, 3.05) is 19.8 Å². The van der Waals surface area contributed by atoms with Crippen LogP contribution in [0.25, 0.3) is 0 Å². The number of hydrogen-bond acceptors (Lipinski definition) is 4. The highest BCUT2D eigenvalue weighted by Gasteiger charge is 2.42. The SMILES string of the molecule is CCOC1(C(NN)C2=CCCCCC2)CCOCC1. The topological polar surface area (TPSA) is 56.5 Å². The fourth-order valence-electron chi connectivity index (χ4n) is 3.42. The van der Waals surface area contributed by atoms with E-state index in [1.165, 1.54) is 31.3 Å². The van der Waals surface area contributed by atoms with Crippen LogP contribution in [0.4, 0.5) is 0 Å². The molecule has 0 amide bonds. The molecule has 0 bridgehead atoms. The number of allylic oxidation sites excluding steroid dienone is 1. The summed E-state index contributed by atoms with van der Waals surface area (Å²) in [5.41, 5.74) is 4.30. The average Bonchev–Trinajstić information content (AvgIpc) is 2.70. The molecule has 1 aliphatic carbocycles. The zero-order valence-electron chi connectivity index (χ0n) is 12.1. The van der Waals surface area contributed by atoms with Gasteiger partial charge in [-0.25, -0.2) is 0 Å². The lowest BCUT2D eigenvalue weighted by Crippen LogP contribution is -2.58. The van der Waals surface area contributed by atoms with Gasteiger partial charge >= 0.3 is 0 Å². The molecule has 4 heteroatoms. The van der Waals surface area contributed by atoms with Crippen LogP contribution in [-0.4, -0.2) is 31.5 Å². The smallest absolute Gasteiger partial charge is 0.0929 e. The van der Waals surface area contributed by atoms with E-state index < -0.39 is 0 Å². The lowest BCUT2D eigenvalue weighted by atomic mass is 9.80. The molecule has 4 nitrogen and oxygen atoms in total. The summed E-state index contributed by atoms with van der Waals surface area (Å²) in [6.07, 6.45) is 10.4. The van der Waals surface area contributed by atoms with Crippen LogP contribution < -0.4 is 11.3 Å². The number of hydrogen-bond donors (Lipinski definition) is 2. The van der Waals surface area contributed by atoms with E-state index in [9.17, 15) is 0 Å². The molecule has 2 rings (SSSR count). The predicted molar refractivity (Wildman–Crippen MR) is 76.7 cm³/mol. The molecule has 1 unspecified atom stereocenters. The van der Waals surface area contributed by atoms with Crippen molar-refractivity contribution >= 4 is 0 Å². The van der Waals surface area contributed by atoms with E-state index in [-0.39, 0.29) is 11.6 Å². The molecule has 19 heavy (non-hydrogen) atoms. The Morgan fingerprint density at radius 1 is 1.37 bits per heavy atom. The summed E-state index contributed by atoms with van der Waals surface area (Å²) in [4.78, 5) is 0. The minimum Gasteiger partial charge on any atom is -0.381 e. The van der Waals surface area contributed by atoms with E-state index in [1.807, 2.05) is 0 Å². The van der Waals surface area contributed by atoms with Gasteiger partial charge in [0.1, 0.15) is 0 Å². The molecule has 0 spiro atoms. The third kappa shape index (κ3) is 3.57. The highest BCUT2D eigenvalue weighted by atomic mass is 16.5. The summed E-state index contributed by atoms with van der Waals surface area (Å²) in [6.45, 7) is 4.33. The molecule has 1 aliphatic heterocycles.